The van der Waals surface area contributed by atoms with Crippen molar-refractivity contribution in [3.05, 3.63) is 23.9 Å². The number of hydrogen-bond acceptors (Lipinski definition) is 5. The minimum atomic E-state index is -4.42. The van der Waals surface area contributed by atoms with E-state index in [0.29, 0.717) is 38.1 Å². The van der Waals surface area contributed by atoms with Crippen LogP contribution < -0.4 is 15.8 Å². The Balaban J connectivity index is 1.79. The van der Waals surface area contributed by atoms with E-state index in [1.54, 1.807) is 17.9 Å². The molecule has 0 spiro atoms. The molecule has 11 heteroatoms. The summed E-state index contributed by atoms with van der Waals surface area (Å²) in [7, 11) is 0. The largest absolute Gasteiger partial charge is 0.468 e. The quantitative estimate of drug-likeness (QED) is 0.557. The van der Waals surface area contributed by atoms with Crippen LogP contribution in [0.3, 0.4) is 0 Å². The monoisotopic (exact) mass is 403 g/mol. The lowest BCUT2D eigenvalue weighted by molar-refractivity contribution is -0.154. The number of likely N-dealkylation sites (tertiary alicyclic amines) is 1. The van der Waals surface area contributed by atoms with Crippen LogP contribution in [0.15, 0.2) is 23.3 Å². The van der Waals surface area contributed by atoms with E-state index in [0.717, 1.165) is 0 Å². The molecule has 1 amide bonds. The van der Waals surface area contributed by atoms with Gasteiger partial charge in [-0.15, -0.1) is 0 Å². The number of amides is 1. The molecule has 28 heavy (non-hydrogen) atoms. The lowest BCUT2D eigenvalue weighted by Crippen LogP contribution is -2.48. The van der Waals surface area contributed by atoms with Gasteiger partial charge in [0.1, 0.15) is 0 Å². The number of nitrogens with one attached hydrogen (secondary N) is 1. The molecule has 156 valence electrons. The van der Waals surface area contributed by atoms with Gasteiger partial charge in [0.25, 0.3) is 0 Å². The van der Waals surface area contributed by atoms with Gasteiger partial charge in [0.05, 0.1) is 13.2 Å². The molecule has 0 aliphatic carbocycles. The first kappa shape index (κ1) is 21.6. The van der Waals surface area contributed by atoms with Crippen LogP contribution in [0.4, 0.5) is 18.0 Å². The lowest BCUT2D eigenvalue weighted by atomic mass is 10.1. The highest BCUT2D eigenvalue weighted by Gasteiger charge is 2.28. The summed E-state index contributed by atoms with van der Waals surface area (Å²) in [5, 5.41) is 3.09. The molecule has 1 aromatic rings. The van der Waals surface area contributed by atoms with Crippen molar-refractivity contribution < 1.29 is 27.4 Å². The molecular weight excluding hydrogens is 379 g/mol. The Morgan fingerprint density at radius 1 is 1.43 bits per heavy atom. The standard InChI is InChI=1S/C17H24F3N5O3/c1-2-27-16(26)25-7-4-13(5-8-25)24-15(21)23-10-12-3-6-22-14(9-12)28-11-17(18,19)20/h3,6,9,13H,2,4-5,7-8,10-11H2,1H3,(H3,21,23,24). The number of alkyl halides is 3. The van der Waals surface area contributed by atoms with Crippen molar-refractivity contribution >= 4 is 12.1 Å². The van der Waals surface area contributed by atoms with Gasteiger partial charge in [-0.2, -0.15) is 13.2 Å². The Hall–Kier alpha value is -2.72. The second-order valence-corrected chi connectivity index (χ2v) is 6.21. The van der Waals surface area contributed by atoms with E-state index in [2.05, 4.69) is 20.0 Å². The van der Waals surface area contributed by atoms with Crippen LogP contribution >= 0.6 is 0 Å². The minimum Gasteiger partial charge on any atom is -0.468 e. The van der Waals surface area contributed by atoms with E-state index in [1.165, 1.54) is 12.3 Å². The van der Waals surface area contributed by atoms with Crippen molar-refractivity contribution in [3.63, 3.8) is 0 Å². The molecule has 2 rings (SSSR count). The third kappa shape index (κ3) is 7.49. The van der Waals surface area contributed by atoms with Crippen LogP contribution in [0.5, 0.6) is 5.88 Å². The van der Waals surface area contributed by atoms with Gasteiger partial charge in [-0.1, -0.05) is 0 Å². The minimum absolute atomic E-state index is 0.0811. The number of carbonyl (C=O) groups excluding carboxylic acids is 1. The number of piperidine rings is 1. The molecule has 1 saturated heterocycles. The number of ether oxygens (including phenoxy) is 2. The van der Waals surface area contributed by atoms with Gasteiger partial charge in [0.15, 0.2) is 12.6 Å². The molecule has 3 N–H and O–H groups in total. The van der Waals surface area contributed by atoms with Gasteiger partial charge in [-0.25, -0.2) is 14.8 Å². The van der Waals surface area contributed by atoms with E-state index in [9.17, 15) is 18.0 Å². The summed E-state index contributed by atoms with van der Waals surface area (Å²) in [6.07, 6.45) is -1.97. The van der Waals surface area contributed by atoms with Gasteiger partial charge in [0, 0.05) is 31.4 Å². The van der Waals surface area contributed by atoms with Crippen LogP contribution in [0.25, 0.3) is 0 Å². The fourth-order valence-electron chi connectivity index (χ4n) is 2.64. The summed E-state index contributed by atoms with van der Waals surface area (Å²) < 4.78 is 46.2. The zero-order valence-corrected chi connectivity index (χ0v) is 15.5. The summed E-state index contributed by atoms with van der Waals surface area (Å²) in [6, 6.07) is 3.09. The van der Waals surface area contributed by atoms with Crippen LogP contribution in [-0.2, 0) is 11.3 Å². The van der Waals surface area contributed by atoms with Gasteiger partial charge < -0.3 is 25.4 Å². The van der Waals surface area contributed by atoms with Gasteiger partial charge >= 0.3 is 12.3 Å². The maximum absolute atomic E-state index is 12.2. The Morgan fingerprint density at radius 2 is 2.14 bits per heavy atom. The first-order chi connectivity index (χ1) is 13.3. The summed E-state index contributed by atoms with van der Waals surface area (Å²) in [4.78, 5) is 21.3. The average Bonchev–Trinajstić information content (AvgIpc) is 2.65. The highest BCUT2D eigenvalue weighted by atomic mass is 19.4. The number of aromatic nitrogens is 1. The van der Waals surface area contributed by atoms with Crippen molar-refractivity contribution in [2.45, 2.75) is 38.5 Å². The third-order valence-corrected chi connectivity index (χ3v) is 3.99. The molecule has 1 aliphatic heterocycles. The van der Waals surface area contributed by atoms with Gasteiger partial charge in [0.2, 0.25) is 5.88 Å². The van der Waals surface area contributed by atoms with Crippen LogP contribution in [0, 0.1) is 0 Å². The highest BCUT2D eigenvalue weighted by Crippen LogP contribution is 2.18. The zero-order valence-electron chi connectivity index (χ0n) is 15.5. The molecule has 0 atom stereocenters. The van der Waals surface area contributed by atoms with Crippen molar-refractivity contribution in [1.82, 2.24) is 15.2 Å². The maximum atomic E-state index is 12.2. The van der Waals surface area contributed by atoms with Crippen LogP contribution in [0.2, 0.25) is 0 Å². The molecule has 0 radical (unpaired) electrons. The number of carbonyl (C=O) groups is 1. The molecule has 0 bridgehead atoms. The number of aliphatic imine (C=N–C) groups is 1. The second-order valence-electron chi connectivity index (χ2n) is 6.21. The number of pyridine rings is 1. The summed E-state index contributed by atoms with van der Waals surface area (Å²) >= 11 is 0. The molecule has 2 heterocycles. The molecular formula is C17H24F3N5O3. The normalized spacial score (nSPS) is 16.0. The topological polar surface area (TPSA) is 102 Å². The SMILES string of the molecule is CCOC(=O)N1CCC(NC(N)=NCc2ccnc(OCC(F)(F)F)c2)CC1. The van der Waals surface area contributed by atoms with Crippen molar-refractivity contribution in [3.8, 4) is 5.88 Å². The van der Waals surface area contributed by atoms with E-state index in [-0.39, 0.29) is 30.5 Å². The van der Waals surface area contributed by atoms with Gasteiger partial charge in [-0.3, -0.25) is 0 Å². The number of nitrogens with zero attached hydrogens (tertiary/aromatic N) is 3. The molecule has 0 aromatic carbocycles. The first-order valence-electron chi connectivity index (χ1n) is 8.89. The molecule has 1 fully saturated rings. The second kappa shape index (κ2) is 10.00. The lowest BCUT2D eigenvalue weighted by Gasteiger charge is -2.31. The van der Waals surface area contributed by atoms with E-state index >= 15 is 0 Å². The summed E-state index contributed by atoms with van der Waals surface area (Å²) in [5.41, 5.74) is 6.51. The third-order valence-electron chi connectivity index (χ3n) is 3.99. The van der Waals surface area contributed by atoms with Crippen molar-refractivity contribution in [1.29, 1.82) is 0 Å². The Kier molecular flexibility index (Phi) is 7.70. The Morgan fingerprint density at radius 3 is 2.79 bits per heavy atom. The maximum Gasteiger partial charge on any atom is 0.422 e. The molecule has 0 unspecified atom stereocenters. The fourth-order valence-corrected chi connectivity index (χ4v) is 2.64. The number of hydrogen-bond donors (Lipinski definition) is 2. The van der Waals surface area contributed by atoms with Crippen molar-refractivity contribution in [2.24, 2.45) is 10.7 Å². The molecule has 0 saturated carbocycles. The average molecular weight is 403 g/mol. The van der Waals surface area contributed by atoms with E-state index < -0.39 is 12.8 Å². The first-order valence-corrected chi connectivity index (χ1v) is 8.89. The fraction of sp³-hybridized carbons (Fsp3) is 0.588. The molecule has 1 aliphatic rings. The summed E-state index contributed by atoms with van der Waals surface area (Å²) in [6.45, 7) is 2.00. The number of halogens is 3. The van der Waals surface area contributed by atoms with E-state index in [1.807, 2.05) is 0 Å². The molecule has 8 nitrogen and oxygen atoms in total. The zero-order chi connectivity index (χ0) is 20.6. The summed E-state index contributed by atoms with van der Waals surface area (Å²) in [5.74, 6) is 0.104. The van der Waals surface area contributed by atoms with Crippen molar-refractivity contribution in [2.75, 3.05) is 26.3 Å². The predicted octanol–water partition coefficient (Wildman–Crippen LogP) is 2.05. The Bertz CT molecular complexity index is 676. The van der Waals surface area contributed by atoms with Crippen LogP contribution in [-0.4, -0.2) is 60.5 Å². The smallest absolute Gasteiger partial charge is 0.422 e. The Labute approximate surface area is 160 Å². The number of guanidine groups is 1. The van der Waals surface area contributed by atoms with E-state index in [4.69, 9.17) is 10.5 Å². The highest BCUT2D eigenvalue weighted by molar-refractivity contribution is 5.78. The number of nitrogens with two attached hydrogens (primary N) is 1. The van der Waals surface area contributed by atoms with Gasteiger partial charge in [-0.05, 0) is 31.4 Å². The predicted molar refractivity (Wildman–Crippen MR) is 95.9 cm³/mol. The molecule has 1 aromatic heterocycles. The number of rotatable bonds is 6. The van der Waals surface area contributed by atoms with Crippen LogP contribution in [0.1, 0.15) is 25.3 Å².